The first-order chi connectivity index (χ1) is 14.2. The van der Waals surface area contributed by atoms with Gasteiger partial charge in [0.1, 0.15) is 16.8 Å². The molecule has 2 aromatic rings. The second kappa shape index (κ2) is 9.41. The van der Waals surface area contributed by atoms with Gasteiger partial charge < -0.3 is 15.2 Å². The molecule has 1 fully saturated rings. The Hall–Kier alpha value is -2.03. The summed E-state index contributed by atoms with van der Waals surface area (Å²) in [5.74, 6) is 0.360. The number of piperidine rings is 1. The van der Waals surface area contributed by atoms with E-state index in [-0.39, 0.29) is 28.3 Å². The van der Waals surface area contributed by atoms with Crippen LogP contribution in [0.2, 0.25) is 5.02 Å². The summed E-state index contributed by atoms with van der Waals surface area (Å²) in [6, 6.07) is 7.67. The van der Waals surface area contributed by atoms with E-state index in [1.807, 2.05) is 19.2 Å². The minimum Gasteiger partial charge on any atom is -0.385 e. The highest BCUT2D eigenvalue weighted by Crippen LogP contribution is 2.26. The fraction of sp³-hybridized carbons (Fsp3) is 0.476. The highest BCUT2D eigenvalue weighted by atomic mass is 35.5. The molecule has 1 amide bonds. The number of benzene rings is 1. The van der Waals surface area contributed by atoms with Crippen LogP contribution in [0.15, 0.2) is 41.4 Å². The van der Waals surface area contributed by atoms with Gasteiger partial charge in [-0.1, -0.05) is 23.7 Å². The molecule has 3 rings (SSSR count). The molecule has 2 atom stereocenters. The normalized spacial score (nSPS) is 18.4. The third kappa shape index (κ3) is 4.99. The standard InChI is InChI=1S/C21H29ClN4O3S/c1-15-7-5-9-17(22)20(15)30(28,29)24-18(11-14-25-12-6-10-19(25)23)21(27)26-13-4-3-8-16(26)2/h5-7,9-10,12,16,18,24H,3-4,8,11,13-14,23H2,1-2H3. The fourth-order valence-electron chi connectivity index (χ4n) is 3.96. The SMILES string of the molecule is Cc1cccc(Cl)c1S(=O)(=O)NC(CCn1cccc1N)C(=O)N1CCCCC1C. The van der Waals surface area contributed by atoms with Crippen molar-refractivity contribution in [3.05, 3.63) is 47.1 Å². The van der Waals surface area contributed by atoms with Gasteiger partial charge in [0.15, 0.2) is 0 Å². The van der Waals surface area contributed by atoms with E-state index >= 15 is 0 Å². The fourth-order valence-corrected chi connectivity index (χ4v) is 6.02. The first-order valence-corrected chi connectivity index (χ1v) is 12.1. The van der Waals surface area contributed by atoms with Gasteiger partial charge in [0.25, 0.3) is 0 Å². The lowest BCUT2D eigenvalue weighted by Gasteiger charge is -2.36. The van der Waals surface area contributed by atoms with Gasteiger partial charge in [0, 0.05) is 25.3 Å². The molecule has 0 bridgehead atoms. The van der Waals surface area contributed by atoms with Crippen molar-refractivity contribution < 1.29 is 13.2 Å². The summed E-state index contributed by atoms with van der Waals surface area (Å²) in [4.78, 5) is 15.2. The highest BCUT2D eigenvalue weighted by molar-refractivity contribution is 7.89. The number of carbonyl (C=O) groups is 1. The summed E-state index contributed by atoms with van der Waals surface area (Å²) < 4.78 is 30.8. The molecule has 1 aliphatic rings. The van der Waals surface area contributed by atoms with Crippen LogP contribution in [0, 0.1) is 6.92 Å². The van der Waals surface area contributed by atoms with E-state index in [1.54, 1.807) is 34.6 Å². The Balaban J connectivity index is 1.88. The largest absolute Gasteiger partial charge is 0.385 e. The van der Waals surface area contributed by atoms with Crippen LogP contribution in [0.1, 0.15) is 38.2 Å². The van der Waals surface area contributed by atoms with Crippen LogP contribution < -0.4 is 10.5 Å². The maximum absolute atomic E-state index is 13.4. The van der Waals surface area contributed by atoms with Crippen molar-refractivity contribution in [1.29, 1.82) is 0 Å². The highest BCUT2D eigenvalue weighted by Gasteiger charge is 2.33. The third-order valence-corrected chi connectivity index (χ3v) is 7.74. The Kier molecular flexibility index (Phi) is 7.10. The zero-order valence-electron chi connectivity index (χ0n) is 17.3. The van der Waals surface area contributed by atoms with Crippen LogP contribution in [0.25, 0.3) is 0 Å². The van der Waals surface area contributed by atoms with E-state index < -0.39 is 16.1 Å². The zero-order chi connectivity index (χ0) is 21.9. The number of likely N-dealkylation sites (tertiary alicyclic amines) is 1. The molecule has 0 radical (unpaired) electrons. The maximum atomic E-state index is 13.4. The van der Waals surface area contributed by atoms with Crippen molar-refractivity contribution in [2.75, 3.05) is 12.3 Å². The van der Waals surface area contributed by atoms with Crippen LogP contribution in [0.5, 0.6) is 0 Å². The number of hydrogen-bond acceptors (Lipinski definition) is 4. The Morgan fingerprint density at radius 3 is 2.70 bits per heavy atom. The molecule has 30 heavy (non-hydrogen) atoms. The van der Waals surface area contributed by atoms with E-state index in [9.17, 15) is 13.2 Å². The second-order valence-electron chi connectivity index (χ2n) is 7.85. The summed E-state index contributed by atoms with van der Waals surface area (Å²) in [6.07, 6.45) is 5.00. The molecule has 1 aliphatic heterocycles. The van der Waals surface area contributed by atoms with Crippen LogP contribution in [0.3, 0.4) is 0 Å². The summed E-state index contributed by atoms with van der Waals surface area (Å²) in [6.45, 7) is 4.74. The predicted molar refractivity (Wildman–Crippen MR) is 119 cm³/mol. The van der Waals surface area contributed by atoms with Gasteiger partial charge in [0.2, 0.25) is 15.9 Å². The number of aromatic nitrogens is 1. The molecule has 2 unspecified atom stereocenters. The van der Waals surface area contributed by atoms with E-state index in [2.05, 4.69) is 4.72 Å². The molecule has 0 aliphatic carbocycles. The molecule has 3 N–H and O–H groups in total. The summed E-state index contributed by atoms with van der Waals surface area (Å²) in [7, 11) is -3.99. The molecule has 2 heterocycles. The number of nitrogens with two attached hydrogens (primary N) is 1. The van der Waals surface area contributed by atoms with Crippen LogP contribution >= 0.6 is 11.6 Å². The Morgan fingerprint density at radius 1 is 1.30 bits per heavy atom. The quantitative estimate of drug-likeness (QED) is 0.674. The summed E-state index contributed by atoms with van der Waals surface area (Å²) in [5.41, 5.74) is 6.47. The molecular weight excluding hydrogens is 424 g/mol. The molecule has 1 aromatic carbocycles. The van der Waals surface area contributed by atoms with Gasteiger partial charge in [0.05, 0.1) is 5.02 Å². The number of halogens is 1. The van der Waals surface area contributed by atoms with E-state index in [4.69, 9.17) is 17.3 Å². The number of aryl methyl sites for hydroxylation is 2. The van der Waals surface area contributed by atoms with E-state index in [0.29, 0.717) is 24.5 Å². The van der Waals surface area contributed by atoms with Crippen molar-refractivity contribution in [1.82, 2.24) is 14.2 Å². The molecule has 9 heteroatoms. The molecule has 7 nitrogen and oxygen atoms in total. The van der Waals surface area contributed by atoms with Crippen LogP contribution in [-0.2, 0) is 21.4 Å². The Bertz CT molecular complexity index is 985. The lowest BCUT2D eigenvalue weighted by molar-refractivity contribution is -0.136. The topological polar surface area (TPSA) is 97.4 Å². The van der Waals surface area contributed by atoms with Gasteiger partial charge in [-0.05, 0) is 63.3 Å². The predicted octanol–water partition coefficient (Wildman–Crippen LogP) is 3.17. The van der Waals surface area contributed by atoms with Gasteiger partial charge in [-0.3, -0.25) is 4.79 Å². The molecule has 164 valence electrons. The lowest BCUT2D eigenvalue weighted by Crippen LogP contribution is -2.53. The van der Waals surface area contributed by atoms with Crippen molar-refractivity contribution in [3.8, 4) is 0 Å². The monoisotopic (exact) mass is 452 g/mol. The summed E-state index contributed by atoms with van der Waals surface area (Å²) in [5, 5.41) is 0.134. The third-order valence-electron chi connectivity index (χ3n) is 5.64. The Labute approximate surface area is 183 Å². The molecule has 1 saturated heterocycles. The van der Waals surface area contributed by atoms with E-state index in [1.165, 1.54) is 6.07 Å². The van der Waals surface area contributed by atoms with Crippen molar-refractivity contribution in [2.24, 2.45) is 0 Å². The number of nitrogens with one attached hydrogen (secondary N) is 1. The van der Waals surface area contributed by atoms with Gasteiger partial charge >= 0.3 is 0 Å². The first-order valence-electron chi connectivity index (χ1n) is 10.2. The number of nitrogens with zero attached hydrogens (tertiary/aromatic N) is 2. The molecule has 1 aromatic heterocycles. The van der Waals surface area contributed by atoms with Crippen molar-refractivity contribution in [3.63, 3.8) is 0 Å². The number of sulfonamides is 1. The second-order valence-corrected chi connectivity index (χ2v) is 9.91. The number of amides is 1. The van der Waals surface area contributed by atoms with E-state index in [0.717, 1.165) is 19.3 Å². The number of rotatable bonds is 7. The van der Waals surface area contributed by atoms with Crippen LogP contribution in [-0.4, -0.2) is 42.4 Å². The average Bonchev–Trinajstić information content (AvgIpc) is 3.09. The molecular formula is C21H29ClN4O3S. The van der Waals surface area contributed by atoms with Crippen LogP contribution in [0.4, 0.5) is 5.82 Å². The zero-order valence-corrected chi connectivity index (χ0v) is 18.9. The average molecular weight is 453 g/mol. The molecule has 0 saturated carbocycles. The Morgan fingerprint density at radius 2 is 2.07 bits per heavy atom. The number of nitrogen functional groups attached to an aromatic ring is 1. The lowest BCUT2D eigenvalue weighted by atomic mass is 10.0. The molecule has 0 spiro atoms. The van der Waals surface area contributed by atoms with Crippen molar-refractivity contribution in [2.45, 2.75) is 63.1 Å². The number of carbonyl (C=O) groups excluding carboxylic acids is 1. The van der Waals surface area contributed by atoms with Crippen molar-refractivity contribution >= 4 is 33.3 Å². The van der Waals surface area contributed by atoms with Gasteiger partial charge in [-0.25, -0.2) is 8.42 Å². The first kappa shape index (κ1) is 22.7. The smallest absolute Gasteiger partial charge is 0.243 e. The minimum atomic E-state index is -3.99. The maximum Gasteiger partial charge on any atom is 0.243 e. The summed E-state index contributed by atoms with van der Waals surface area (Å²) >= 11 is 6.19. The number of anilines is 1. The van der Waals surface area contributed by atoms with Gasteiger partial charge in [-0.15, -0.1) is 0 Å². The minimum absolute atomic E-state index is 0.0108. The van der Waals surface area contributed by atoms with Gasteiger partial charge in [-0.2, -0.15) is 4.72 Å². The number of hydrogen-bond donors (Lipinski definition) is 2.